The fourth-order valence-electron chi connectivity index (χ4n) is 2.17. The molecule has 1 fully saturated rings. The molecule has 2 rings (SSSR count). The van der Waals surface area contributed by atoms with Crippen molar-refractivity contribution in [3.63, 3.8) is 0 Å². The van der Waals surface area contributed by atoms with E-state index in [0.29, 0.717) is 13.0 Å². The van der Waals surface area contributed by atoms with E-state index in [1.54, 1.807) is 0 Å². The van der Waals surface area contributed by atoms with Crippen LogP contribution in [0.4, 0.5) is 0 Å². The molecule has 4 nitrogen and oxygen atoms in total. The van der Waals surface area contributed by atoms with E-state index in [1.807, 2.05) is 52.0 Å². The Labute approximate surface area is 139 Å². The molecule has 1 aromatic rings. The van der Waals surface area contributed by atoms with E-state index >= 15 is 0 Å². The van der Waals surface area contributed by atoms with Crippen LogP contribution in [0.15, 0.2) is 24.3 Å². The predicted octanol–water partition coefficient (Wildman–Crippen LogP) is 1.86. The van der Waals surface area contributed by atoms with E-state index in [9.17, 15) is 4.79 Å². The molecule has 0 aromatic heterocycles. The van der Waals surface area contributed by atoms with Crippen molar-refractivity contribution in [3.05, 3.63) is 29.8 Å². The van der Waals surface area contributed by atoms with Crippen molar-refractivity contribution < 1.29 is 14.1 Å². The lowest BCUT2D eigenvalue weighted by Crippen LogP contribution is -2.41. The molecule has 122 valence electrons. The van der Waals surface area contributed by atoms with Crippen molar-refractivity contribution in [1.29, 1.82) is 0 Å². The lowest BCUT2D eigenvalue weighted by molar-refractivity contribution is -0.118. The molecule has 1 aliphatic heterocycles. The van der Waals surface area contributed by atoms with Gasteiger partial charge in [-0.15, -0.1) is 0 Å². The van der Waals surface area contributed by atoms with E-state index in [1.165, 1.54) is 6.92 Å². The number of hydrogen-bond donors (Lipinski definition) is 1. The van der Waals surface area contributed by atoms with Crippen LogP contribution in [0.2, 0.25) is 0 Å². The first-order valence-electron chi connectivity index (χ1n) is 7.90. The molecule has 1 heterocycles. The molecule has 0 spiro atoms. The third-order valence-corrected chi connectivity index (χ3v) is 4.29. The third kappa shape index (κ3) is 4.37. The zero-order chi connectivity index (χ0) is 17.1. The molecule has 0 aliphatic carbocycles. The lowest BCUT2D eigenvalue weighted by atomic mass is 9.79. The van der Waals surface area contributed by atoms with Gasteiger partial charge in [-0.1, -0.05) is 24.0 Å². The van der Waals surface area contributed by atoms with Crippen LogP contribution in [-0.4, -0.2) is 30.8 Å². The zero-order valence-corrected chi connectivity index (χ0v) is 14.5. The zero-order valence-electron chi connectivity index (χ0n) is 14.5. The summed E-state index contributed by atoms with van der Waals surface area (Å²) in [6, 6.07) is 7.90. The minimum absolute atomic E-state index is 0.0291. The monoisotopic (exact) mass is 313 g/mol. The number of benzene rings is 1. The maximum atomic E-state index is 10.7. The molecule has 1 N–H and O–H groups in total. The van der Waals surface area contributed by atoms with Crippen LogP contribution in [0.5, 0.6) is 0 Å². The highest BCUT2D eigenvalue weighted by molar-refractivity contribution is 6.62. The van der Waals surface area contributed by atoms with Crippen LogP contribution in [0, 0.1) is 11.8 Å². The molecule has 0 saturated carbocycles. The van der Waals surface area contributed by atoms with Gasteiger partial charge in [-0.25, -0.2) is 0 Å². The summed E-state index contributed by atoms with van der Waals surface area (Å²) in [5.74, 6) is 6.10. The van der Waals surface area contributed by atoms with E-state index < -0.39 is 0 Å². The van der Waals surface area contributed by atoms with Gasteiger partial charge in [0.15, 0.2) is 0 Å². The minimum Gasteiger partial charge on any atom is -0.399 e. The highest BCUT2D eigenvalue weighted by atomic mass is 16.7. The molecule has 0 atom stereocenters. The van der Waals surface area contributed by atoms with Crippen LogP contribution in [-0.2, 0) is 14.1 Å². The van der Waals surface area contributed by atoms with Crippen molar-refractivity contribution >= 4 is 18.5 Å². The summed E-state index contributed by atoms with van der Waals surface area (Å²) in [4.78, 5) is 10.7. The van der Waals surface area contributed by atoms with Gasteiger partial charge in [-0.3, -0.25) is 4.79 Å². The number of rotatable bonds is 3. The highest BCUT2D eigenvalue weighted by Crippen LogP contribution is 2.36. The van der Waals surface area contributed by atoms with E-state index in [0.717, 1.165) is 11.0 Å². The highest BCUT2D eigenvalue weighted by Gasteiger charge is 2.51. The van der Waals surface area contributed by atoms with Crippen molar-refractivity contribution in [3.8, 4) is 11.8 Å². The SMILES string of the molecule is CC(=O)NCCC#Cc1ccc(B2OC(C)(C)C(C)(C)O2)cc1. The van der Waals surface area contributed by atoms with E-state index in [4.69, 9.17) is 9.31 Å². The van der Waals surface area contributed by atoms with Crippen molar-refractivity contribution in [2.24, 2.45) is 0 Å². The number of nitrogens with one attached hydrogen (secondary N) is 1. The van der Waals surface area contributed by atoms with E-state index in [2.05, 4.69) is 17.2 Å². The molecular formula is C18H24BNO3. The summed E-state index contributed by atoms with van der Waals surface area (Å²) in [7, 11) is -0.346. The number of hydrogen-bond acceptors (Lipinski definition) is 3. The lowest BCUT2D eigenvalue weighted by Gasteiger charge is -2.32. The molecule has 0 unspecified atom stereocenters. The normalized spacial score (nSPS) is 18.2. The first-order valence-corrected chi connectivity index (χ1v) is 7.90. The maximum Gasteiger partial charge on any atom is 0.494 e. The van der Waals surface area contributed by atoms with Crippen LogP contribution < -0.4 is 10.8 Å². The first kappa shape index (κ1) is 17.6. The summed E-state index contributed by atoms with van der Waals surface area (Å²) >= 11 is 0. The van der Waals surface area contributed by atoms with Gasteiger partial charge < -0.3 is 14.6 Å². The molecule has 1 aliphatic rings. The topological polar surface area (TPSA) is 47.6 Å². The van der Waals surface area contributed by atoms with Crippen molar-refractivity contribution in [2.75, 3.05) is 6.54 Å². The molecule has 1 saturated heterocycles. The van der Waals surface area contributed by atoms with Gasteiger partial charge in [0.05, 0.1) is 11.2 Å². The average Bonchev–Trinajstić information content (AvgIpc) is 2.67. The second-order valence-electron chi connectivity index (χ2n) is 6.74. The Bertz CT molecular complexity index is 610. The summed E-state index contributed by atoms with van der Waals surface area (Å²) in [5, 5.41) is 2.72. The molecule has 0 radical (unpaired) electrons. The second-order valence-corrected chi connectivity index (χ2v) is 6.74. The van der Waals surface area contributed by atoms with Crippen LogP contribution in [0.3, 0.4) is 0 Å². The van der Waals surface area contributed by atoms with Gasteiger partial charge >= 0.3 is 7.12 Å². The van der Waals surface area contributed by atoms with Gasteiger partial charge in [-0.05, 0) is 45.3 Å². The molecular weight excluding hydrogens is 289 g/mol. The van der Waals surface area contributed by atoms with Gasteiger partial charge in [0.1, 0.15) is 0 Å². The van der Waals surface area contributed by atoms with Crippen molar-refractivity contribution in [1.82, 2.24) is 5.32 Å². The summed E-state index contributed by atoms with van der Waals surface area (Å²) in [6.45, 7) is 10.3. The number of carbonyl (C=O) groups is 1. The molecule has 1 amide bonds. The van der Waals surface area contributed by atoms with E-state index in [-0.39, 0.29) is 24.2 Å². The van der Waals surface area contributed by atoms with Gasteiger partial charge in [0.25, 0.3) is 0 Å². The first-order chi connectivity index (χ1) is 10.7. The summed E-state index contributed by atoms with van der Waals surface area (Å²) < 4.78 is 12.1. The Morgan fingerprint density at radius 3 is 2.22 bits per heavy atom. The smallest absolute Gasteiger partial charge is 0.399 e. The summed E-state index contributed by atoms with van der Waals surface area (Å²) in [5.41, 5.74) is 1.26. The Hall–Kier alpha value is -1.77. The fraction of sp³-hybridized carbons (Fsp3) is 0.500. The van der Waals surface area contributed by atoms with Crippen LogP contribution in [0.25, 0.3) is 0 Å². The van der Waals surface area contributed by atoms with Gasteiger partial charge in [0.2, 0.25) is 5.91 Å². The van der Waals surface area contributed by atoms with Crippen molar-refractivity contribution in [2.45, 2.75) is 52.2 Å². The number of carbonyl (C=O) groups excluding carboxylic acids is 1. The minimum atomic E-state index is -0.346. The Balaban J connectivity index is 1.96. The summed E-state index contributed by atoms with van der Waals surface area (Å²) in [6.07, 6.45) is 0.637. The number of amides is 1. The molecule has 5 heteroatoms. The third-order valence-electron chi connectivity index (χ3n) is 4.29. The van der Waals surface area contributed by atoms with Gasteiger partial charge in [0, 0.05) is 25.5 Å². The fourth-order valence-corrected chi connectivity index (χ4v) is 2.17. The average molecular weight is 313 g/mol. The molecule has 0 bridgehead atoms. The second kappa shape index (κ2) is 6.78. The van der Waals surface area contributed by atoms with Crippen LogP contribution >= 0.6 is 0 Å². The predicted molar refractivity (Wildman–Crippen MR) is 92.3 cm³/mol. The molecule has 1 aromatic carbocycles. The Morgan fingerprint density at radius 1 is 1.13 bits per heavy atom. The quantitative estimate of drug-likeness (QED) is 0.526. The molecule has 23 heavy (non-hydrogen) atoms. The maximum absolute atomic E-state index is 10.7. The largest absolute Gasteiger partial charge is 0.494 e. The van der Waals surface area contributed by atoms with Gasteiger partial charge in [-0.2, -0.15) is 0 Å². The standard InChI is InChI=1S/C18H24BNO3/c1-14(21)20-13-7-6-8-15-9-11-16(12-10-15)19-22-17(2,3)18(4,5)23-19/h9-12H,7,13H2,1-5H3,(H,20,21). The Morgan fingerprint density at radius 2 is 1.70 bits per heavy atom. The Kier molecular flexibility index (Phi) is 5.18. The van der Waals surface area contributed by atoms with Crippen LogP contribution in [0.1, 0.15) is 46.6 Å².